The van der Waals surface area contributed by atoms with Crippen molar-refractivity contribution in [2.24, 2.45) is 0 Å². The number of benzene rings is 3. The zero-order chi connectivity index (χ0) is 25.5. The quantitative estimate of drug-likeness (QED) is 0.161. The number of hydrogen-bond acceptors (Lipinski definition) is 5. The van der Waals surface area contributed by atoms with E-state index in [2.05, 4.69) is 15.5 Å². The first-order valence-corrected chi connectivity index (χ1v) is 13.2. The van der Waals surface area contributed by atoms with Gasteiger partial charge in [-0.05, 0) is 55.0 Å². The lowest BCUT2D eigenvalue weighted by atomic mass is 10.1. The fourth-order valence-electron chi connectivity index (χ4n) is 3.53. The number of carbonyl (C=O) groups excluding carboxylic acids is 1. The van der Waals surface area contributed by atoms with Gasteiger partial charge in [0.15, 0.2) is 11.0 Å². The number of thioether (sulfide) groups is 1. The Morgan fingerprint density at radius 2 is 1.67 bits per heavy atom. The summed E-state index contributed by atoms with van der Waals surface area (Å²) in [6.07, 6.45) is 0. The Kier molecular flexibility index (Phi) is 9.29. The molecule has 1 aromatic heterocycles. The predicted molar refractivity (Wildman–Crippen MR) is 147 cm³/mol. The molecule has 0 saturated heterocycles. The zero-order valence-corrected chi connectivity index (χ0v) is 22.4. The molecule has 0 aliphatic heterocycles. The van der Waals surface area contributed by atoms with Crippen LogP contribution in [0.3, 0.4) is 0 Å². The first-order chi connectivity index (χ1) is 17.4. The van der Waals surface area contributed by atoms with Crippen LogP contribution in [0.15, 0.2) is 78.0 Å². The predicted octanol–water partition coefficient (Wildman–Crippen LogP) is 7.41. The lowest BCUT2D eigenvalue weighted by molar-refractivity contribution is -0.115. The van der Waals surface area contributed by atoms with Crippen molar-refractivity contribution in [1.29, 1.82) is 0 Å². The monoisotopic (exact) mass is 560 g/mol. The second-order valence-electron chi connectivity index (χ2n) is 7.72. The lowest BCUT2D eigenvalue weighted by Crippen LogP contribution is -2.20. The van der Waals surface area contributed by atoms with Gasteiger partial charge in [0.05, 0.1) is 13.2 Å². The molecule has 1 amide bonds. The van der Waals surface area contributed by atoms with E-state index in [-0.39, 0.29) is 5.91 Å². The summed E-state index contributed by atoms with van der Waals surface area (Å²) in [5, 5.41) is 13.3. The number of halogens is 3. The second kappa shape index (κ2) is 12.6. The summed E-state index contributed by atoms with van der Waals surface area (Å²) in [5.41, 5.74) is 2.20. The molecule has 6 nitrogen and oxygen atoms in total. The van der Waals surface area contributed by atoms with Crippen LogP contribution in [0.25, 0.3) is 11.4 Å². The van der Waals surface area contributed by atoms with Gasteiger partial charge in [-0.25, -0.2) is 0 Å². The molecule has 0 saturated carbocycles. The van der Waals surface area contributed by atoms with Crippen LogP contribution in [0.2, 0.25) is 15.1 Å². The van der Waals surface area contributed by atoms with Gasteiger partial charge in [-0.15, -0.1) is 10.2 Å². The molecule has 0 aliphatic rings. The van der Waals surface area contributed by atoms with Crippen LogP contribution < -0.4 is 5.32 Å². The molecule has 0 fully saturated rings. The van der Waals surface area contributed by atoms with E-state index in [1.54, 1.807) is 18.2 Å². The zero-order valence-electron chi connectivity index (χ0n) is 19.3. The largest absolute Gasteiger partial charge is 0.380 e. The Labute approximate surface area is 228 Å². The van der Waals surface area contributed by atoms with Gasteiger partial charge in [0.1, 0.15) is 5.25 Å². The smallest absolute Gasteiger partial charge is 0.242 e. The maximum atomic E-state index is 13.5. The Bertz CT molecular complexity index is 1300. The van der Waals surface area contributed by atoms with E-state index in [9.17, 15) is 4.79 Å². The van der Waals surface area contributed by atoms with Crippen molar-refractivity contribution in [3.63, 3.8) is 0 Å². The van der Waals surface area contributed by atoms with Crippen molar-refractivity contribution in [2.75, 3.05) is 18.5 Å². The molecule has 1 atom stereocenters. The average Bonchev–Trinajstić information content (AvgIpc) is 3.25. The molecule has 1 heterocycles. The first-order valence-electron chi connectivity index (χ1n) is 11.2. The van der Waals surface area contributed by atoms with Gasteiger partial charge in [-0.2, -0.15) is 0 Å². The molecule has 0 aliphatic carbocycles. The third-order valence-corrected chi connectivity index (χ3v) is 7.10. The molecule has 10 heteroatoms. The van der Waals surface area contributed by atoms with Gasteiger partial charge in [0.2, 0.25) is 5.91 Å². The van der Waals surface area contributed by atoms with E-state index >= 15 is 0 Å². The van der Waals surface area contributed by atoms with E-state index in [1.165, 1.54) is 11.8 Å². The summed E-state index contributed by atoms with van der Waals surface area (Å²) in [5.74, 6) is 0.430. The number of anilines is 1. The number of carbonyl (C=O) groups is 1. The minimum Gasteiger partial charge on any atom is -0.380 e. The molecule has 36 heavy (non-hydrogen) atoms. The number of hydrogen-bond donors (Lipinski definition) is 1. The fourth-order valence-corrected chi connectivity index (χ4v) is 5.25. The van der Waals surface area contributed by atoms with Gasteiger partial charge in [-0.3, -0.25) is 9.36 Å². The van der Waals surface area contributed by atoms with Gasteiger partial charge < -0.3 is 10.1 Å². The standard InChI is InChI=1S/C26H23Cl3N4O2S/c1-2-35-13-12-33-24(18-8-10-19(27)11-9-18)31-32-26(33)36-23(17-6-4-3-5-7-17)25(34)30-22-15-20(28)14-21(29)16-22/h3-11,14-16,23H,2,12-13H2,1H3,(H,30,34)/t23-/m0/s1. The summed E-state index contributed by atoms with van der Waals surface area (Å²) < 4.78 is 7.56. The maximum Gasteiger partial charge on any atom is 0.242 e. The van der Waals surface area contributed by atoms with Crippen molar-refractivity contribution in [3.8, 4) is 11.4 Å². The van der Waals surface area contributed by atoms with Crippen LogP contribution in [-0.4, -0.2) is 33.9 Å². The van der Waals surface area contributed by atoms with Crippen molar-refractivity contribution in [3.05, 3.63) is 93.4 Å². The fraction of sp³-hybridized carbons (Fsp3) is 0.192. The summed E-state index contributed by atoms with van der Waals surface area (Å²) in [6.45, 7) is 3.54. The molecule has 186 valence electrons. The van der Waals surface area contributed by atoms with Gasteiger partial charge in [0.25, 0.3) is 0 Å². The minimum atomic E-state index is -0.614. The number of nitrogens with one attached hydrogen (secondary N) is 1. The normalized spacial score (nSPS) is 11.9. The third-order valence-electron chi connectivity index (χ3n) is 5.18. The molecule has 0 unspecified atom stereocenters. The number of rotatable bonds is 10. The molecular weight excluding hydrogens is 539 g/mol. The Morgan fingerprint density at radius 1 is 0.972 bits per heavy atom. The van der Waals surface area contributed by atoms with Crippen LogP contribution in [0.5, 0.6) is 0 Å². The van der Waals surface area contributed by atoms with Crippen molar-refractivity contribution in [2.45, 2.75) is 23.9 Å². The lowest BCUT2D eigenvalue weighted by Gasteiger charge is -2.18. The number of amides is 1. The maximum absolute atomic E-state index is 13.5. The second-order valence-corrected chi connectivity index (χ2v) is 10.1. The van der Waals surface area contributed by atoms with E-state index in [0.29, 0.717) is 51.5 Å². The number of aromatic nitrogens is 3. The molecule has 4 aromatic rings. The van der Waals surface area contributed by atoms with Crippen LogP contribution in [0.4, 0.5) is 5.69 Å². The van der Waals surface area contributed by atoms with Crippen molar-refractivity contribution >= 4 is 58.2 Å². The van der Waals surface area contributed by atoms with Gasteiger partial charge in [-0.1, -0.05) is 76.9 Å². The third kappa shape index (κ3) is 6.81. The minimum absolute atomic E-state index is 0.239. The highest BCUT2D eigenvalue weighted by Gasteiger charge is 2.26. The summed E-state index contributed by atoms with van der Waals surface area (Å²) >= 11 is 19.6. The highest BCUT2D eigenvalue weighted by molar-refractivity contribution is 8.00. The highest BCUT2D eigenvalue weighted by Crippen LogP contribution is 2.37. The SMILES string of the molecule is CCOCCn1c(S[C@H](C(=O)Nc2cc(Cl)cc(Cl)c2)c2ccccc2)nnc1-c1ccc(Cl)cc1. The van der Waals surface area contributed by atoms with Crippen LogP contribution in [0.1, 0.15) is 17.7 Å². The van der Waals surface area contributed by atoms with Crippen molar-refractivity contribution in [1.82, 2.24) is 14.8 Å². The summed E-state index contributed by atoms with van der Waals surface area (Å²) in [7, 11) is 0. The van der Waals surface area contributed by atoms with Gasteiger partial charge in [0, 0.05) is 32.9 Å². The molecule has 4 rings (SSSR count). The Balaban J connectivity index is 1.68. The average molecular weight is 562 g/mol. The number of ether oxygens (including phenoxy) is 1. The highest BCUT2D eigenvalue weighted by atomic mass is 35.5. The molecule has 3 aromatic carbocycles. The molecule has 0 radical (unpaired) electrons. The molecule has 1 N–H and O–H groups in total. The number of nitrogens with zero attached hydrogens (tertiary/aromatic N) is 3. The summed E-state index contributed by atoms with van der Waals surface area (Å²) in [4.78, 5) is 13.5. The van der Waals surface area contributed by atoms with E-state index in [4.69, 9.17) is 39.5 Å². The van der Waals surface area contributed by atoms with Crippen molar-refractivity contribution < 1.29 is 9.53 Å². The van der Waals surface area contributed by atoms with E-state index in [1.807, 2.05) is 66.1 Å². The molecular formula is C26H23Cl3N4O2S. The van der Waals surface area contributed by atoms with Crippen LogP contribution in [-0.2, 0) is 16.1 Å². The first kappa shape index (κ1) is 26.5. The Morgan fingerprint density at radius 3 is 2.33 bits per heavy atom. The Hall–Kier alpha value is -2.55. The van der Waals surface area contributed by atoms with Gasteiger partial charge >= 0.3 is 0 Å². The van der Waals surface area contributed by atoms with Crippen LogP contribution >= 0.6 is 46.6 Å². The topological polar surface area (TPSA) is 69.0 Å². The van der Waals surface area contributed by atoms with E-state index in [0.717, 1.165) is 11.1 Å². The molecule has 0 bridgehead atoms. The van der Waals surface area contributed by atoms with Crippen LogP contribution in [0, 0.1) is 0 Å². The van der Waals surface area contributed by atoms with E-state index < -0.39 is 5.25 Å². The summed E-state index contributed by atoms with van der Waals surface area (Å²) in [6, 6.07) is 21.8. The molecule has 0 spiro atoms.